The molecule has 0 N–H and O–H groups in total. The number of ether oxygens (including phenoxy) is 1. The number of carbonyl (C=O) groups excluding carboxylic acids is 2. The van der Waals surface area contributed by atoms with Crippen LogP contribution < -0.4 is 0 Å². The fraction of sp³-hybridized carbons (Fsp3) is 0.895. The molecule has 4 rings (SSSR count). The molecule has 5 nitrogen and oxygen atoms in total. The maximum Gasteiger partial charge on any atom is 0.242 e. The lowest BCUT2D eigenvalue weighted by Gasteiger charge is -2.27. The Morgan fingerprint density at radius 1 is 0.958 bits per heavy atom. The second-order valence-electron chi connectivity index (χ2n) is 8.08. The van der Waals surface area contributed by atoms with Gasteiger partial charge < -0.3 is 14.5 Å². The van der Waals surface area contributed by atoms with Gasteiger partial charge in [-0.1, -0.05) is 12.8 Å². The Bertz CT molecular complexity index is 471. The summed E-state index contributed by atoms with van der Waals surface area (Å²) in [5, 5.41) is 0. The minimum atomic E-state index is 0.126. The number of amides is 2. The molecule has 0 radical (unpaired) electrons. The Labute approximate surface area is 144 Å². The van der Waals surface area contributed by atoms with Crippen molar-refractivity contribution in [1.29, 1.82) is 0 Å². The maximum atomic E-state index is 13.1. The molecule has 0 aromatic rings. The van der Waals surface area contributed by atoms with E-state index in [1.807, 2.05) is 9.80 Å². The van der Waals surface area contributed by atoms with Gasteiger partial charge in [-0.3, -0.25) is 9.59 Å². The zero-order valence-corrected chi connectivity index (χ0v) is 14.6. The summed E-state index contributed by atoms with van der Waals surface area (Å²) in [4.78, 5) is 29.5. The van der Waals surface area contributed by atoms with Crippen molar-refractivity contribution in [2.75, 3.05) is 32.8 Å². The predicted molar refractivity (Wildman–Crippen MR) is 90.3 cm³/mol. The van der Waals surface area contributed by atoms with Gasteiger partial charge in [-0.15, -0.1) is 0 Å². The van der Waals surface area contributed by atoms with Crippen LogP contribution in [0.2, 0.25) is 0 Å². The topological polar surface area (TPSA) is 49.9 Å². The fourth-order valence-electron chi connectivity index (χ4n) is 5.07. The molecule has 134 valence electrons. The van der Waals surface area contributed by atoms with Crippen molar-refractivity contribution < 1.29 is 14.3 Å². The zero-order valence-electron chi connectivity index (χ0n) is 14.6. The number of hydrogen-bond acceptors (Lipinski definition) is 3. The lowest BCUT2D eigenvalue weighted by Crippen LogP contribution is -2.45. The molecular formula is C19H30N2O3. The van der Waals surface area contributed by atoms with E-state index >= 15 is 0 Å². The van der Waals surface area contributed by atoms with E-state index in [4.69, 9.17) is 4.74 Å². The van der Waals surface area contributed by atoms with Crippen molar-refractivity contribution in [1.82, 2.24) is 9.80 Å². The average molecular weight is 334 g/mol. The van der Waals surface area contributed by atoms with Crippen LogP contribution in [0.15, 0.2) is 0 Å². The third-order valence-corrected chi connectivity index (χ3v) is 6.49. The van der Waals surface area contributed by atoms with Gasteiger partial charge in [-0.2, -0.15) is 0 Å². The highest BCUT2D eigenvalue weighted by atomic mass is 16.5. The number of fused-ring (bicyclic) bond motifs is 1. The first-order chi connectivity index (χ1) is 11.7. The molecule has 3 atom stereocenters. The van der Waals surface area contributed by atoms with E-state index < -0.39 is 0 Å². The Hall–Kier alpha value is -1.10. The Morgan fingerprint density at radius 3 is 2.29 bits per heavy atom. The summed E-state index contributed by atoms with van der Waals surface area (Å²) in [5.41, 5.74) is 0. The van der Waals surface area contributed by atoms with E-state index in [0.29, 0.717) is 18.4 Å². The van der Waals surface area contributed by atoms with Gasteiger partial charge in [0.25, 0.3) is 0 Å². The first kappa shape index (κ1) is 16.4. The van der Waals surface area contributed by atoms with Gasteiger partial charge in [-0.25, -0.2) is 0 Å². The highest BCUT2D eigenvalue weighted by molar-refractivity contribution is 5.88. The molecular weight excluding hydrogens is 304 g/mol. The molecule has 2 heterocycles. The van der Waals surface area contributed by atoms with Crippen LogP contribution in [0.25, 0.3) is 0 Å². The number of hydrogen-bond donors (Lipinski definition) is 0. The van der Waals surface area contributed by atoms with Gasteiger partial charge in [0.2, 0.25) is 11.8 Å². The predicted octanol–water partition coefficient (Wildman–Crippen LogP) is 2.05. The molecule has 2 saturated heterocycles. The van der Waals surface area contributed by atoms with Gasteiger partial charge in [0.15, 0.2) is 0 Å². The summed E-state index contributed by atoms with van der Waals surface area (Å²) in [6, 6.07) is 0. The molecule has 0 spiro atoms. The molecule has 2 amide bonds. The molecule has 24 heavy (non-hydrogen) atoms. The van der Waals surface area contributed by atoms with E-state index in [1.54, 1.807) is 0 Å². The SMILES string of the molecule is O=C(CN(C[C@@H]1CCCO1)C(=O)C1[C@@H]2CCCC[C@@H]12)N1CCCC1. The monoisotopic (exact) mass is 334 g/mol. The summed E-state index contributed by atoms with van der Waals surface area (Å²) in [7, 11) is 0. The first-order valence-corrected chi connectivity index (χ1v) is 9.92. The molecule has 2 saturated carbocycles. The van der Waals surface area contributed by atoms with E-state index in [9.17, 15) is 9.59 Å². The number of carbonyl (C=O) groups is 2. The molecule has 5 heteroatoms. The Morgan fingerprint density at radius 2 is 1.67 bits per heavy atom. The third kappa shape index (κ3) is 3.32. The van der Waals surface area contributed by atoms with E-state index in [2.05, 4.69) is 0 Å². The zero-order chi connectivity index (χ0) is 16.5. The number of nitrogens with zero attached hydrogens (tertiary/aromatic N) is 2. The van der Waals surface area contributed by atoms with Crippen LogP contribution in [-0.2, 0) is 14.3 Å². The average Bonchev–Trinajstić information content (AvgIpc) is 3.00. The van der Waals surface area contributed by atoms with E-state index in [-0.39, 0.29) is 30.4 Å². The van der Waals surface area contributed by atoms with Gasteiger partial charge in [0, 0.05) is 32.2 Å². The van der Waals surface area contributed by atoms with Gasteiger partial charge in [-0.05, 0) is 50.4 Å². The van der Waals surface area contributed by atoms with Crippen LogP contribution in [0.3, 0.4) is 0 Å². The molecule has 0 aromatic heterocycles. The minimum absolute atomic E-state index is 0.126. The third-order valence-electron chi connectivity index (χ3n) is 6.49. The van der Waals surface area contributed by atoms with Crippen molar-refractivity contribution in [3.63, 3.8) is 0 Å². The quantitative estimate of drug-likeness (QED) is 0.773. The van der Waals surface area contributed by atoms with Crippen LogP contribution in [0.4, 0.5) is 0 Å². The minimum Gasteiger partial charge on any atom is -0.376 e. The van der Waals surface area contributed by atoms with Crippen LogP contribution in [0, 0.1) is 17.8 Å². The lowest BCUT2D eigenvalue weighted by molar-refractivity contribution is -0.142. The van der Waals surface area contributed by atoms with Crippen LogP contribution in [0.1, 0.15) is 51.4 Å². The molecule has 2 aliphatic carbocycles. The summed E-state index contributed by atoms with van der Waals surface area (Å²) in [6.07, 6.45) is 9.34. The summed E-state index contributed by atoms with van der Waals surface area (Å²) < 4.78 is 5.74. The fourth-order valence-corrected chi connectivity index (χ4v) is 5.07. The van der Waals surface area contributed by atoms with Gasteiger partial charge >= 0.3 is 0 Å². The highest BCUT2D eigenvalue weighted by Crippen LogP contribution is 2.56. The standard InChI is InChI=1S/C19H30N2O3/c22-17(20-9-3-4-10-20)13-21(12-14-6-5-11-24-14)19(23)18-15-7-1-2-8-16(15)18/h14-16,18H,1-13H2/t14-,15+,16+/m0/s1. The molecule has 4 fully saturated rings. The van der Waals surface area contributed by atoms with E-state index in [1.165, 1.54) is 25.7 Å². The van der Waals surface area contributed by atoms with Crippen LogP contribution >= 0.6 is 0 Å². The van der Waals surface area contributed by atoms with Crippen molar-refractivity contribution >= 4 is 11.8 Å². The first-order valence-electron chi connectivity index (χ1n) is 9.92. The number of likely N-dealkylation sites (tertiary alicyclic amines) is 1. The molecule has 4 aliphatic rings. The Kier molecular flexibility index (Phi) is 4.79. The summed E-state index contributed by atoms with van der Waals surface area (Å²) >= 11 is 0. The maximum absolute atomic E-state index is 13.1. The molecule has 0 aromatic carbocycles. The van der Waals surface area contributed by atoms with Crippen molar-refractivity contribution in [2.45, 2.75) is 57.5 Å². The Balaban J connectivity index is 1.40. The highest BCUT2D eigenvalue weighted by Gasteiger charge is 2.56. The van der Waals surface area contributed by atoms with Gasteiger partial charge in [0.05, 0.1) is 12.6 Å². The molecule has 0 unspecified atom stereocenters. The van der Waals surface area contributed by atoms with E-state index in [0.717, 1.165) is 45.4 Å². The smallest absolute Gasteiger partial charge is 0.242 e. The largest absolute Gasteiger partial charge is 0.376 e. The van der Waals surface area contributed by atoms with Crippen molar-refractivity contribution in [2.24, 2.45) is 17.8 Å². The second-order valence-corrected chi connectivity index (χ2v) is 8.08. The normalized spacial score (nSPS) is 34.9. The van der Waals surface area contributed by atoms with Crippen molar-refractivity contribution in [3.8, 4) is 0 Å². The van der Waals surface area contributed by atoms with Crippen molar-refractivity contribution in [3.05, 3.63) is 0 Å². The van der Waals surface area contributed by atoms with Crippen LogP contribution in [0.5, 0.6) is 0 Å². The molecule has 2 aliphatic heterocycles. The number of rotatable bonds is 5. The lowest BCUT2D eigenvalue weighted by atomic mass is 10.0. The summed E-state index contributed by atoms with van der Waals surface area (Å²) in [5.74, 6) is 1.75. The molecule has 0 bridgehead atoms. The second kappa shape index (κ2) is 7.03. The van der Waals surface area contributed by atoms with Gasteiger partial charge in [0.1, 0.15) is 0 Å². The van der Waals surface area contributed by atoms with Crippen LogP contribution in [-0.4, -0.2) is 60.5 Å². The summed E-state index contributed by atoms with van der Waals surface area (Å²) in [6.45, 7) is 3.37.